The Bertz CT molecular complexity index is 299. The molecular weight excluding hydrogens is 200 g/mol. The van der Waals surface area contributed by atoms with E-state index >= 15 is 0 Å². The molecule has 1 N–H and O–H groups in total. The smallest absolute Gasteiger partial charge is 0.163 e. The highest BCUT2D eigenvalue weighted by molar-refractivity contribution is 7.91. The molecule has 14 heavy (non-hydrogen) atoms. The molecule has 1 heterocycles. The van der Waals surface area contributed by atoms with Crippen LogP contribution in [0.5, 0.6) is 0 Å². The van der Waals surface area contributed by atoms with Crippen molar-refractivity contribution in [2.24, 2.45) is 0 Å². The van der Waals surface area contributed by atoms with Crippen LogP contribution in [0.1, 0.15) is 25.7 Å². The molecule has 0 aromatic rings. The molecular formula is C9H16N2O2S. The quantitative estimate of drug-likeness (QED) is 0.741. The zero-order valence-electron chi connectivity index (χ0n) is 8.20. The lowest BCUT2D eigenvalue weighted by atomic mass is 10.0. The molecule has 0 aliphatic carbocycles. The van der Waals surface area contributed by atoms with Gasteiger partial charge in [0.25, 0.3) is 0 Å². The number of hydrogen-bond acceptors (Lipinski definition) is 4. The van der Waals surface area contributed by atoms with E-state index in [2.05, 4.69) is 5.32 Å². The van der Waals surface area contributed by atoms with Crippen molar-refractivity contribution in [3.63, 3.8) is 0 Å². The molecule has 0 amide bonds. The fourth-order valence-corrected chi connectivity index (χ4v) is 2.65. The second-order valence-corrected chi connectivity index (χ2v) is 5.87. The van der Waals surface area contributed by atoms with Gasteiger partial charge >= 0.3 is 0 Å². The molecule has 0 aromatic carbocycles. The first kappa shape index (κ1) is 11.5. The third-order valence-corrected chi connectivity index (χ3v) is 3.90. The standard InChI is InChI=1S/C9H16N2O2S/c10-5-8-14(12,13)7-4-9-3-1-2-6-11-9/h9,11H,1-4,6-8H2. The molecule has 5 heteroatoms. The number of piperidine rings is 1. The van der Waals surface area contributed by atoms with Crippen molar-refractivity contribution in [1.29, 1.82) is 5.26 Å². The highest BCUT2D eigenvalue weighted by Gasteiger charge is 2.16. The maximum absolute atomic E-state index is 11.2. The van der Waals surface area contributed by atoms with Crippen LogP contribution in [0.3, 0.4) is 0 Å². The average Bonchev–Trinajstić information content (AvgIpc) is 2.17. The predicted octanol–water partition coefficient (Wildman–Crippen LogP) is 0.457. The summed E-state index contributed by atoms with van der Waals surface area (Å²) >= 11 is 0. The lowest BCUT2D eigenvalue weighted by Crippen LogP contribution is -2.35. The monoisotopic (exact) mass is 216 g/mol. The second kappa shape index (κ2) is 5.32. The summed E-state index contributed by atoms with van der Waals surface area (Å²) < 4.78 is 22.4. The van der Waals surface area contributed by atoms with Crippen molar-refractivity contribution in [2.45, 2.75) is 31.7 Å². The van der Waals surface area contributed by atoms with Crippen LogP contribution < -0.4 is 5.32 Å². The fourth-order valence-electron chi connectivity index (χ4n) is 1.66. The van der Waals surface area contributed by atoms with Crippen molar-refractivity contribution in [3.8, 4) is 6.07 Å². The summed E-state index contributed by atoms with van der Waals surface area (Å²) in [5.41, 5.74) is 0. The molecule has 1 fully saturated rings. The Morgan fingerprint density at radius 2 is 2.21 bits per heavy atom. The van der Waals surface area contributed by atoms with Gasteiger partial charge in [-0.2, -0.15) is 5.26 Å². The van der Waals surface area contributed by atoms with Gasteiger partial charge in [0.1, 0.15) is 5.75 Å². The third kappa shape index (κ3) is 4.07. The van der Waals surface area contributed by atoms with Crippen molar-refractivity contribution >= 4 is 9.84 Å². The number of rotatable bonds is 4. The summed E-state index contributed by atoms with van der Waals surface area (Å²) in [5.74, 6) is -0.210. The number of sulfone groups is 1. The SMILES string of the molecule is N#CCS(=O)(=O)CCC1CCCCN1. The van der Waals surface area contributed by atoms with Crippen LogP contribution in [0.15, 0.2) is 0 Å². The molecule has 0 spiro atoms. The van der Waals surface area contributed by atoms with Gasteiger partial charge in [-0.05, 0) is 25.8 Å². The van der Waals surface area contributed by atoms with Crippen LogP contribution in [-0.2, 0) is 9.84 Å². The Morgan fingerprint density at radius 1 is 1.43 bits per heavy atom. The Labute approximate surface area is 85.2 Å². The van der Waals surface area contributed by atoms with Crippen LogP contribution in [0.25, 0.3) is 0 Å². The summed E-state index contributed by atoms with van der Waals surface area (Å²) in [4.78, 5) is 0. The topological polar surface area (TPSA) is 70.0 Å². The van der Waals surface area contributed by atoms with Crippen LogP contribution >= 0.6 is 0 Å². The molecule has 1 aliphatic rings. The minimum Gasteiger partial charge on any atom is -0.314 e. The van der Waals surface area contributed by atoms with E-state index in [1.165, 1.54) is 12.8 Å². The van der Waals surface area contributed by atoms with Gasteiger partial charge in [0.2, 0.25) is 0 Å². The molecule has 1 aliphatic heterocycles. The van der Waals surface area contributed by atoms with Gasteiger partial charge in [-0.1, -0.05) is 6.42 Å². The van der Waals surface area contributed by atoms with Crippen LogP contribution in [0, 0.1) is 11.3 Å². The number of hydrogen-bond donors (Lipinski definition) is 1. The maximum Gasteiger partial charge on any atom is 0.163 e. The number of nitriles is 1. The molecule has 1 unspecified atom stereocenters. The summed E-state index contributed by atoms with van der Waals surface area (Å²) in [6.45, 7) is 0.989. The van der Waals surface area contributed by atoms with E-state index in [9.17, 15) is 8.42 Å². The van der Waals surface area contributed by atoms with E-state index in [1.807, 2.05) is 0 Å². The van der Waals surface area contributed by atoms with E-state index in [4.69, 9.17) is 5.26 Å². The second-order valence-electron chi connectivity index (χ2n) is 3.69. The molecule has 0 bridgehead atoms. The predicted molar refractivity (Wildman–Crippen MR) is 54.5 cm³/mol. The molecule has 4 nitrogen and oxygen atoms in total. The molecule has 80 valence electrons. The summed E-state index contributed by atoms with van der Waals surface area (Å²) in [6.07, 6.45) is 4.06. The van der Waals surface area contributed by atoms with Gasteiger partial charge in [-0.3, -0.25) is 0 Å². The zero-order valence-corrected chi connectivity index (χ0v) is 9.02. The van der Waals surface area contributed by atoms with Gasteiger partial charge in [0.05, 0.1) is 11.8 Å². The Balaban J connectivity index is 2.29. The summed E-state index contributed by atoms with van der Waals surface area (Å²) in [6, 6.07) is 2.02. The van der Waals surface area contributed by atoms with E-state index in [0.29, 0.717) is 12.5 Å². The summed E-state index contributed by atoms with van der Waals surface area (Å²) in [5, 5.41) is 11.6. The Hall–Kier alpha value is -0.600. The Morgan fingerprint density at radius 3 is 2.79 bits per heavy atom. The van der Waals surface area contributed by atoms with Crippen LogP contribution in [-0.4, -0.2) is 32.5 Å². The largest absolute Gasteiger partial charge is 0.314 e. The normalized spacial score (nSPS) is 22.9. The maximum atomic E-state index is 11.2. The minimum atomic E-state index is -3.13. The number of nitrogens with one attached hydrogen (secondary N) is 1. The average molecular weight is 216 g/mol. The highest BCUT2D eigenvalue weighted by Crippen LogP contribution is 2.11. The molecule has 0 radical (unpaired) electrons. The lowest BCUT2D eigenvalue weighted by Gasteiger charge is -2.22. The van der Waals surface area contributed by atoms with Gasteiger partial charge in [0.15, 0.2) is 9.84 Å². The minimum absolute atomic E-state index is 0.137. The highest BCUT2D eigenvalue weighted by atomic mass is 32.2. The fraction of sp³-hybridized carbons (Fsp3) is 0.889. The van der Waals surface area contributed by atoms with E-state index < -0.39 is 9.84 Å². The first-order valence-electron chi connectivity index (χ1n) is 4.95. The van der Waals surface area contributed by atoms with Crippen molar-refractivity contribution in [2.75, 3.05) is 18.1 Å². The number of nitrogens with zero attached hydrogens (tertiary/aromatic N) is 1. The first-order valence-corrected chi connectivity index (χ1v) is 6.77. The van der Waals surface area contributed by atoms with Gasteiger partial charge < -0.3 is 5.32 Å². The third-order valence-electron chi connectivity index (χ3n) is 2.47. The molecule has 0 aromatic heterocycles. The van der Waals surface area contributed by atoms with E-state index in [0.717, 1.165) is 13.0 Å². The summed E-state index contributed by atoms with van der Waals surface area (Å²) in [7, 11) is -3.13. The lowest BCUT2D eigenvalue weighted by molar-refractivity contribution is 0.393. The molecule has 1 rings (SSSR count). The molecule has 0 saturated carbocycles. The van der Waals surface area contributed by atoms with Crippen LogP contribution in [0.2, 0.25) is 0 Å². The zero-order chi connectivity index (χ0) is 10.4. The van der Waals surface area contributed by atoms with Gasteiger partial charge in [-0.15, -0.1) is 0 Å². The van der Waals surface area contributed by atoms with E-state index in [1.54, 1.807) is 6.07 Å². The van der Waals surface area contributed by atoms with E-state index in [-0.39, 0.29) is 11.5 Å². The molecule has 1 saturated heterocycles. The molecule has 1 atom stereocenters. The van der Waals surface area contributed by atoms with Gasteiger partial charge in [-0.25, -0.2) is 8.42 Å². The van der Waals surface area contributed by atoms with Crippen molar-refractivity contribution in [1.82, 2.24) is 5.32 Å². The van der Waals surface area contributed by atoms with Gasteiger partial charge in [0, 0.05) is 6.04 Å². The Kier molecular flexibility index (Phi) is 4.36. The van der Waals surface area contributed by atoms with Crippen LogP contribution in [0.4, 0.5) is 0 Å². The van der Waals surface area contributed by atoms with Crippen molar-refractivity contribution in [3.05, 3.63) is 0 Å². The van der Waals surface area contributed by atoms with Crippen molar-refractivity contribution < 1.29 is 8.42 Å². The first-order chi connectivity index (χ1) is 6.64.